The summed E-state index contributed by atoms with van der Waals surface area (Å²) < 4.78 is 9.77. The van der Waals surface area contributed by atoms with Gasteiger partial charge in [0.15, 0.2) is 0 Å². The van der Waals surface area contributed by atoms with Gasteiger partial charge in [-0.15, -0.1) is 0 Å². The molecule has 19 heavy (non-hydrogen) atoms. The van der Waals surface area contributed by atoms with Crippen LogP contribution in [-0.2, 0) is 4.74 Å². The lowest BCUT2D eigenvalue weighted by Crippen LogP contribution is -2.04. The SMILES string of the molecule is COC(=O)c1ccc(Cl)cc1-c1cc(OC)ncn1. The molecule has 98 valence electrons. The number of carbonyl (C=O) groups is 1. The van der Waals surface area contributed by atoms with E-state index in [-0.39, 0.29) is 0 Å². The Morgan fingerprint density at radius 2 is 2.00 bits per heavy atom. The second-order valence-corrected chi connectivity index (χ2v) is 4.06. The molecule has 0 fully saturated rings. The summed E-state index contributed by atoms with van der Waals surface area (Å²) in [5, 5.41) is 0.500. The lowest BCUT2D eigenvalue weighted by molar-refractivity contribution is 0.0601. The molecular formula is C13H11ClN2O3. The summed E-state index contributed by atoms with van der Waals surface area (Å²) in [6, 6.07) is 6.49. The predicted octanol–water partition coefficient (Wildman–Crippen LogP) is 2.59. The number of benzene rings is 1. The molecule has 6 heteroatoms. The van der Waals surface area contributed by atoms with Gasteiger partial charge in [0.2, 0.25) is 5.88 Å². The topological polar surface area (TPSA) is 61.3 Å². The molecule has 2 aromatic rings. The fourth-order valence-corrected chi connectivity index (χ4v) is 1.79. The first-order chi connectivity index (χ1) is 9.15. The quantitative estimate of drug-likeness (QED) is 0.808. The van der Waals surface area contributed by atoms with Crippen LogP contribution < -0.4 is 4.74 Å². The molecule has 0 saturated heterocycles. The van der Waals surface area contributed by atoms with Gasteiger partial charge in [0.1, 0.15) is 6.33 Å². The zero-order valence-corrected chi connectivity index (χ0v) is 11.1. The molecule has 0 atom stereocenters. The Hall–Kier alpha value is -2.14. The van der Waals surface area contributed by atoms with Crippen molar-refractivity contribution in [2.24, 2.45) is 0 Å². The van der Waals surface area contributed by atoms with Crippen molar-refractivity contribution in [2.75, 3.05) is 14.2 Å². The van der Waals surface area contributed by atoms with Crippen LogP contribution in [0.1, 0.15) is 10.4 Å². The number of hydrogen-bond donors (Lipinski definition) is 0. The third-order valence-corrected chi connectivity index (χ3v) is 2.75. The Morgan fingerprint density at radius 1 is 1.21 bits per heavy atom. The zero-order chi connectivity index (χ0) is 13.8. The molecule has 0 aliphatic carbocycles. The summed E-state index contributed by atoms with van der Waals surface area (Å²) in [5.74, 6) is -0.0509. The van der Waals surface area contributed by atoms with Crippen LogP contribution in [0.4, 0.5) is 0 Å². The van der Waals surface area contributed by atoms with Gasteiger partial charge in [0, 0.05) is 16.7 Å². The number of esters is 1. The number of carbonyl (C=O) groups excluding carboxylic acids is 1. The van der Waals surface area contributed by atoms with Crippen LogP contribution >= 0.6 is 11.6 Å². The van der Waals surface area contributed by atoms with Crippen LogP contribution in [0.2, 0.25) is 5.02 Å². The van der Waals surface area contributed by atoms with Gasteiger partial charge >= 0.3 is 5.97 Å². The Bertz CT molecular complexity index is 617. The number of ether oxygens (including phenoxy) is 2. The second-order valence-electron chi connectivity index (χ2n) is 3.63. The summed E-state index contributed by atoms with van der Waals surface area (Å²) in [6.45, 7) is 0. The molecule has 1 aromatic heterocycles. The van der Waals surface area contributed by atoms with E-state index in [2.05, 4.69) is 9.97 Å². The van der Waals surface area contributed by atoms with E-state index in [4.69, 9.17) is 21.1 Å². The number of hydrogen-bond acceptors (Lipinski definition) is 5. The highest BCUT2D eigenvalue weighted by Crippen LogP contribution is 2.27. The largest absolute Gasteiger partial charge is 0.481 e. The van der Waals surface area contributed by atoms with Gasteiger partial charge in [-0.2, -0.15) is 0 Å². The van der Waals surface area contributed by atoms with Crippen molar-refractivity contribution in [2.45, 2.75) is 0 Å². The molecule has 0 aliphatic heterocycles. The van der Waals surface area contributed by atoms with Gasteiger partial charge in [0.25, 0.3) is 0 Å². The first-order valence-electron chi connectivity index (χ1n) is 5.40. The van der Waals surface area contributed by atoms with Gasteiger partial charge in [0.05, 0.1) is 25.5 Å². The maximum atomic E-state index is 11.7. The van der Waals surface area contributed by atoms with Crippen LogP contribution in [0.15, 0.2) is 30.6 Å². The Kier molecular flexibility index (Phi) is 3.97. The third-order valence-electron chi connectivity index (χ3n) is 2.51. The molecule has 5 nitrogen and oxygen atoms in total. The molecule has 0 aliphatic rings. The molecule has 0 saturated carbocycles. The van der Waals surface area contributed by atoms with Crippen LogP contribution in [0.25, 0.3) is 11.3 Å². The average molecular weight is 279 g/mol. The molecule has 0 spiro atoms. The Balaban J connectivity index is 2.59. The van der Waals surface area contributed by atoms with Gasteiger partial charge in [-0.1, -0.05) is 11.6 Å². The lowest BCUT2D eigenvalue weighted by atomic mass is 10.0. The van der Waals surface area contributed by atoms with Crippen molar-refractivity contribution in [1.29, 1.82) is 0 Å². The molecule has 1 aromatic carbocycles. The van der Waals surface area contributed by atoms with E-state index < -0.39 is 5.97 Å². The zero-order valence-electron chi connectivity index (χ0n) is 10.4. The van der Waals surface area contributed by atoms with E-state index in [0.29, 0.717) is 27.7 Å². The van der Waals surface area contributed by atoms with Crippen LogP contribution in [0.5, 0.6) is 5.88 Å². The summed E-state index contributed by atoms with van der Waals surface area (Å²) in [7, 11) is 2.83. The molecular weight excluding hydrogens is 268 g/mol. The Morgan fingerprint density at radius 3 is 2.68 bits per heavy atom. The fourth-order valence-electron chi connectivity index (χ4n) is 1.61. The smallest absolute Gasteiger partial charge is 0.338 e. The lowest BCUT2D eigenvalue weighted by Gasteiger charge is -2.08. The number of aromatic nitrogens is 2. The average Bonchev–Trinajstić information content (AvgIpc) is 2.46. The molecule has 0 unspecified atom stereocenters. The monoisotopic (exact) mass is 278 g/mol. The minimum Gasteiger partial charge on any atom is -0.481 e. The van der Waals surface area contributed by atoms with E-state index in [1.807, 2.05) is 0 Å². The number of nitrogens with zero attached hydrogens (tertiary/aromatic N) is 2. The number of halogens is 1. The maximum absolute atomic E-state index is 11.7. The van der Waals surface area contributed by atoms with E-state index in [1.165, 1.54) is 20.5 Å². The maximum Gasteiger partial charge on any atom is 0.338 e. The van der Waals surface area contributed by atoms with Crippen LogP contribution in [0, 0.1) is 0 Å². The van der Waals surface area contributed by atoms with Crippen molar-refractivity contribution in [3.05, 3.63) is 41.2 Å². The number of methoxy groups -OCH3 is 2. The summed E-state index contributed by atoms with van der Waals surface area (Å²) >= 11 is 5.96. The van der Waals surface area contributed by atoms with E-state index in [1.54, 1.807) is 24.3 Å². The molecule has 0 radical (unpaired) electrons. The van der Waals surface area contributed by atoms with Crippen molar-refractivity contribution < 1.29 is 14.3 Å². The standard InChI is InChI=1S/C13H11ClN2O3/c1-18-12-6-11(15-7-16-12)10-5-8(14)3-4-9(10)13(17)19-2/h3-7H,1-2H3. The normalized spacial score (nSPS) is 10.1. The van der Waals surface area contributed by atoms with E-state index in [0.717, 1.165) is 0 Å². The van der Waals surface area contributed by atoms with E-state index in [9.17, 15) is 4.79 Å². The summed E-state index contributed by atoms with van der Waals surface area (Å²) in [5.41, 5.74) is 1.49. The third kappa shape index (κ3) is 2.82. The predicted molar refractivity (Wildman–Crippen MR) is 70.4 cm³/mol. The Labute approximate surface area is 115 Å². The molecule has 1 heterocycles. The first kappa shape index (κ1) is 13.3. The highest BCUT2D eigenvalue weighted by Gasteiger charge is 2.15. The van der Waals surface area contributed by atoms with E-state index >= 15 is 0 Å². The molecule has 0 N–H and O–H groups in total. The van der Waals surface area contributed by atoms with Crippen molar-refractivity contribution in [3.8, 4) is 17.1 Å². The van der Waals surface area contributed by atoms with Gasteiger partial charge in [-0.05, 0) is 18.2 Å². The highest BCUT2D eigenvalue weighted by atomic mass is 35.5. The van der Waals surface area contributed by atoms with Gasteiger partial charge in [-0.25, -0.2) is 14.8 Å². The van der Waals surface area contributed by atoms with Crippen molar-refractivity contribution in [1.82, 2.24) is 9.97 Å². The van der Waals surface area contributed by atoms with Gasteiger partial charge < -0.3 is 9.47 Å². The van der Waals surface area contributed by atoms with Crippen molar-refractivity contribution >= 4 is 17.6 Å². The first-order valence-corrected chi connectivity index (χ1v) is 5.77. The molecule has 2 rings (SSSR count). The highest BCUT2D eigenvalue weighted by molar-refractivity contribution is 6.31. The molecule has 0 amide bonds. The summed E-state index contributed by atoms with van der Waals surface area (Å²) in [6.07, 6.45) is 1.36. The molecule has 0 bridgehead atoms. The number of rotatable bonds is 3. The fraction of sp³-hybridized carbons (Fsp3) is 0.154. The van der Waals surface area contributed by atoms with Crippen LogP contribution in [-0.4, -0.2) is 30.2 Å². The minimum atomic E-state index is -0.454. The van der Waals surface area contributed by atoms with Crippen LogP contribution in [0.3, 0.4) is 0 Å². The second kappa shape index (κ2) is 5.67. The van der Waals surface area contributed by atoms with Crippen molar-refractivity contribution in [3.63, 3.8) is 0 Å². The minimum absolute atomic E-state index is 0.382. The summed E-state index contributed by atoms with van der Waals surface area (Å²) in [4.78, 5) is 19.8. The van der Waals surface area contributed by atoms with Gasteiger partial charge in [-0.3, -0.25) is 0 Å².